The molecular formula is C14H19FN2OS. The van der Waals surface area contributed by atoms with Crippen LogP contribution in [0.3, 0.4) is 0 Å². The number of thioether (sulfide) groups is 1. The fraction of sp³-hybridized carbons (Fsp3) is 0.500. The number of benzene rings is 1. The Hall–Kier alpha value is -1.23. The van der Waals surface area contributed by atoms with Gasteiger partial charge < -0.3 is 10.6 Å². The molecular weight excluding hydrogens is 263 g/mol. The van der Waals surface area contributed by atoms with Crippen molar-refractivity contribution in [3.8, 4) is 0 Å². The monoisotopic (exact) mass is 282 g/mol. The van der Waals surface area contributed by atoms with Gasteiger partial charge in [0, 0.05) is 18.3 Å². The molecule has 0 saturated heterocycles. The first-order chi connectivity index (χ1) is 9.17. The van der Waals surface area contributed by atoms with E-state index in [9.17, 15) is 9.18 Å². The van der Waals surface area contributed by atoms with Gasteiger partial charge in [0.05, 0.1) is 11.3 Å². The summed E-state index contributed by atoms with van der Waals surface area (Å²) in [5.74, 6) is -0.599. The summed E-state index contributed by atoms with van der Waals surface area (Å²) < 4.78 is 13.6. The van der Waals surface area contributed by atoms with Gasteiger partial charge in [0.2, 0.25) is 0 Å². The smallest absolute Gasteiger partial charge is 0.253 e. The third-order valence-electron chi connectivity index (χ3n) is 3.58. The number of para-hydroxylation sites is 1. The van der Waals surface area contributed by atoms with E-state index in [2.05, 4.69) is 16.9 Å². The Labute approximate surface area is 117 Å². The Morgan fingerprint density at radius 1 is 1.42 bits per heavy atom. The van der Waals surface area contributed by atoms with Gasteiger partial charge >= 0.3 is 0 Å². The normalized spacial score (nSPS) is 22.3. The van der Waals surface area contributed by atoms with Gasteiger partial charge in [-0.05, 0) is 31.2 Å². The van der Waals surface area contributed by atoms with Crippen LogP contribution in [0.1, 0.15) is 29.6 Å². The van der Waals surface area contributed by atoms with Crippen LogP contribution >= 0.6 is 11.8 Å². The Morgan fingerprint density at radius 3 is 2.89 bits per heavy atom. The van der Waals surface area contributed by atoms with E-state index in [0.29, 0.717) is 10.8 Å². The van der Waals surface area contributed by atoms with Gasteiger partial charge in [-0.15, -0.1) is 0 Å². The second kappa shape index (κ2) is 6.28. The zero-order valence-electron chi connectivity index (χ0n) is 11.2. The Balaban J connectivity index is 2.14. The first-order valence-corrected chi connectivity index (χ1v) is 7.76. The molecule has 104 valence electrons. The lowest BCUT2D eigenvalue weighted by atomic mass is 10.1. The van der Waals surface area contributed by atoms with Crippen LogP contribution in [0.5, 0.6) is 0 Å². The highest BCUT2D eigenvalue weighted by Crippen LogP contribution is 2.29. The minimum absolute atomic E-state index is 0.190. The van der Waals surface area contributed by atoms with Crippen molar-refractivity contribution in [3.05, 3.63) is 29.6 Å². The van der Waals surface area contributed by atoms with Gasteiger partial charge in [-0.1, -0.05) is 12.5 Å². The molecule has 2 unspecified atom stereocenters. The number of amides is 1. The number of carbonyl (C=O) groups is 1. The van der Waals surface area contributed by atoms with Crippen LogP contribution < -0.4 is 10.6 Å². The maximum atomic E-state index is 13.6. The molecule has 1 aliphatic carbocycles. The van der Waals surface area contributed by atoms with E-state index in [1.807, 2.05) is 0 Å². The molecule has 5 heteroatoms. The quantitative estimate of drug-likeness (QED) is 0.892. The molecule has 1 aromatic rings. The summed E-state index contributed by atoms with van der Waals surface area (Å²) in [6.45, 7) is 0. The summed E-state index contributed by atoms with van der Waals surface area (Å²) in [7, 11) is 1.62. The van der Waals surface area contributed by atoms with Gasteiger partial charge in [-0.3, -0.25) is 4.79 Å². The van der Waals surface area contributed by atoms with E-state index >= 15 is 0 Å². The summed E-state index contributed by atoms with van der Waals surface area (Å²) in [6, 6.07) is 4.75. The first-order valence-electron chi connectivity index (χ1n) is 6.47. The number of hydrogen-bond acceptors (Lipinski definition) is 3. The van der Waals surface area contributed by atoms with Gasteiger partial charge in [-0.25, -0.2) is 4.39 Å². The average Bonchev–Trinajstić information content (AvgIpc) is 2.85. The Kier molecular flexibility index (Phi) is 4.69. The largest absolute Gasteiger partial charge is 0.385 e. The Morgan fingerprint density at radius 2 is 2.21 bits per heavy atom. The van der Waals surface area contributed by atoms with Crippen molar-refractivity contribution in [2.75, 3.05) is 18.6 Å². The molecule has 0 spiro atoms. The third-order valence-corrected chi connectivity index (χ3v) is 4.75. The highest BCUT2D eigenvalue weighted by molar-refractivity contribution is 7.99. The highest BCUT2D eigenvalue weighted by atomic mass is 32.2. The van der Waals surface area contributed by atoms with Crippen LogP contribution in [-0.4, -0.2) is 30.5 Å². The van der Waals surface area contributed by atoms with Crippen LogP contribution in [0.2, 0.25) is 0 Å². The lowest BCUT2D eigenvalue weighted by Crippen LogP contribution is -2.38. The maximum Gasteiger partial charge on any atom is 0.253 e. The SMILES string of the molecule is CNc1c(F)cccc1C(=O)NC1CCCC1SC. The minimum atomic E-state index is -0.400. The number of rotatable bonds is 4. The molecule has 0 heterocycles. The van der Waals surface area contributed by atoms with Crippen LogP contribution in [-0.2, 0) is 0 Å². The van der Waals surface area contributed by atoms with Crippen molar-refractivity contribution in [2.24, 2.45) is 0 Å². The van der Waals surface area contributed by atoms with Gasteiger partial charge in [-0.2, -0.15) is 11.8 Å². The van der Waals surface area contributed by atoms with Crippen molar-refractivity contribution < 1.29 is 9.18 Å². The molecule has 1 aromatic carbocycles. The molecule has 0 aromatic heterocycles. The number of carbonyl (C=O) groups excluding carboxylic acids is 1. The van der Waals surface area contributed by atoms with E-state index in [0.717, 1.165) is 19.3 Å². The van der Waals surface area contributed by atoms with Crippen molar-refractivity contribution in [2.45, 2.75) is 30.6 Å². The number of anilines is 1. The molecule has 1 saturated carbocycles. The molecule has 0 radical (unpaired) electrons. The molecule has 1 aliphatic rings. The molecule has 19 heavy (non-hydrogen) atoms. The summed E-state index contributed by atoms with van der Waals surface area (Å²) in [5, 5.41) is 6.25. The average molecular weight is 282 g/mol. The van der Waals surface area contributed by atoms with Gasteiger partial charge in [0.25, 0.3) is 5.91 Å². The summed E-state index contributed by atoms with van der Waals surface area (Å²) in [4.78, 5) is 12.3. The second-order valence-corrected chi connectivity index (χ2v) is 5.77. The van der Waals surface area contributed by atoms with Crippen molar-refractivity contribution in [1.29, 1.82) is 0 Å². The van der Waals surface area contributed by atoms with E-state index in [1.54, 1.807) is 30.9 Å². The van der Waals surface area contributed by atoms with Crippen LogP contribution in [0, 0.1) is 5.82 Å². The number of halogens is 1. The van der Waals surface area contributed by atoms with Crippen molar-refractivity contribution in [1.82, 2.24) is 5.32 Å². The lowest BCUT2D eigenvalue weighted by molar-refractivity contribution is 0.0939. The fourth-order valence-corrected chi connectivity index (χ4v) is 3.52. The molecule has 0 bridgehead atoms. The van der Waals surface area contributed by atoms with E-state index in [-0.39, 0.29) is 17.6 Å². The van der Waals surface area contributed by atoms with Crippen LogP contribution in [0.25, 0.3) is 0 Å². The van der Waals surface area contributed by atoms with Crippen molar-refractivity contribution >= 4 is 23.4 Å². The van der Waals surface area contributed by atoms with E-state index in [1.165, 1.54) is 6.07 Å². The predicted molar refractivity (Wildman–Crippen MR) is 78.4 cm³/mol. The Bertz CT molecular complexity index is 467. The molecule has 1 amide bonds. The lowest BCUT2D eigenvalue weighted by Gasteiger charge is -2.20. The number of nitrogens with one attached hydrogen (secondary N) is 2. The first kappa shape index (κ1) is 14.2. The predicted octanol–water partition coefficient (Wildman–Crippen LogP) is 2.88. The highest BCUT2D eigenvalue weighted by Gasteiger charge is 2.28. The van der Waals surface area contributed by atoms with E-state index in [4.69, 9.17) is 0 Å². The van der Waals surface area contributed by atoms with Crippen LogP contribution in [0.4, 0.5) is 10.1 Å². The van der Waals surface area contributed by atoms with Gasteiger partial charge in [0.15, 0.2) is 0 Å². The zero-order chi connectivity index (χ0) is 13.8. The zero-order valence-corrected chi connectivity index (χ0v) is 12.0. The summed E-state index contributed by atoms with van der Waals surface area (Å²) in [5.41, 5.74) is 0.632. The third kappa shape index (κ3) is 3.03. The standard InChI is InChI=1S/C14H19FN2OS/c1-16-13-9(5-3-6-10(13)15)14(18)17-11-7-4-8-12(11)19-2/h3,5-6,11-12,16H,4,7-8H2,1-2H3,(H,17,18). The topological polar surface area (TPSA) is 41.1 Å². The number of hydrogen-bond donors (Lipinski definition) is 2. The fourth-order valence-electron chi connectivity index (χ4n) is 2.59. The summed E-state index contributed by atoms with van der Waals surface area (Å²) >= 11 is 1.79. The van der Waals surface area contributed by atoms with Crippen LogP contribution in [0.15, 0.2) is 18.2 Å². The maximum absolute atomic E-state index is 13.6. The molecule has 2 atom stereocenters. The van der Waals surface area contributed by atoms with E-state index < -0.39 is 5.82 Å². The van der Waals surface area contributed by atoms with Gasteiger partial charge in [0.1, 0.15) is 5.82 Å². The molecule has 0 aliphatic heterocycles. The molecule has 3 nitrogen and oxygen atoms in total. The molecule has 2 N–H and O–H groups in total. The second-order valence-electron chi connectivity index (χ2n) is 4.70. The molecule has 1 fully saturated rings. The summed E-state index contributed by atoms with van der Waals surface area (Å²) in [6.07, 6.45) is 5.34. The molecule has 2 rings (SSSR count). The van der Waals surface area contributed by atoms with Crippen molar-refractivity contribution in [3.63, 3.8) is 0 Å². The minimum Gasteiger partial charge on any atom is -0.385 e.